The molecule has 4 rings (SSSR count). The van der Waals surface area contributed by atoms with E-state index < -0.39 is 5.60 Å². The smallest absolute Gasteiger partial charge is 0.410 e. The molecule has 0 aliphatic rings. The highest BCUT2D eigenvalue weighted by atomic mass is 16.6. The number of nitrogens with zero attached hydrogens (tertiary/aromatic N) is 1. The largest absolute Gasteiger partial charge is 0.457 e. The number of rotatable bonds is 18. The molecule has 0 unspecified atom stereocenters. The molecule has 0 aliphatic heterocycles. The molecule has 8 heteroatoms. The van der Waals surface area contributed by atoms with Crippen LogP contribution in [0.3, 0.4) is 0 Å². The number of para-hydroxylation sites is 2. The lowest BCUT2D eigenvalue weighted by molar-refractivity contribution is 0.0297. The average molecular weight is 669 g/mol. The second-order valence-electron chi connectivity index (χ2n) is 12.8. The van der Waals surface area contributed by atoms with Gasteiger partial charge in [0.1, 0.15) is 28.6 Å². The maximum atomic E-state index is 11.9. The van der Waals surface area contributed by atoms with E-state index in [2.05, 4.69) is 46.3 Å². The summed E-state index contributed by atoms with van der Waals surface area (Å²) in [4.78, 5) is 13.5. The molecule has 0 saturated carbocycles. The Balaban J connectivity index is 0.000000276. The monoisotopic (exact) mass is 668 g/mol. The van der Waals surface area contributed by atoms with Crippen LogP contribution in [0.15, 0.2) is 109 Å². The lowest BCUT2D eigenvalue weighted by Crippen LogP contribution is -2.35. The molecule has 8 nitrogen and oxygen atoms in total. The predicted molar refractivity (Wildman–Crippen MR) is 201 cm³/mol. The third kappa shape index (κ3) is 17.6. The van der Waals surface area contributed by atoms with Crippen LogP contribution in [0.5, 0.6) is 23.0 Å². The van der Waals surface area contributed by atoms with E-state index in [1.165, 1.54) is 11.1 Å². The van der Waals surface area contributed by atoms with Gasteiger partial charge in [-0.1, -0.05) is 60.7 Å². The zero-order valence-electron chi connectivity index (χ0n) is 30.0. The molecule has 0 spiro atoms. The second-order valence-corrected chi connectivity index (χ2v) is 12.8. The lowest BCUT2D eigenvalue weighted by atomic mass is 10.1. The van der Waals surface area contributed by atoms with E-state index in [0.717, 1.165) is 81.4 Å². The van der Waals surface area contributed by atoms with Gasteiger partial charge in [0.05, 0.1) is 0 Å². The van der Waals surface area contributed by atoms with Gasteiger partial charge < -0.3 is 35.1 Å². The highest BCUT2D eigenvalue weighted by molar-refractivity contribution is 5.67. The molecule has 4 aromatic rings. The number of hydrogen-bond donors (Lipinski definition) is 3. The van der Waals surface area contributed by atoms with Gasteiger partial charge in [-0.15, -0.1) is 0 Å². The van der Waals surface area contributed by atoms with Gasteiger partial charge >= 0.3 is 6.09 Å². The molecule has 0 atom stereocenters. The average Bonchev–Trinajstić information content (AvgIpc) is 3.08. The summed E-state index contributed by atoms with van der Waals surface area (Å²) in [6.45, 7) is 11.1. The van der Waals surface area contributed by atoms with E-state index in [1.54, 1.807) is 11.9 Å². The van der Waals surface area contributed by atoms with Crippen LogP contribution in [-0.4, -0.2) is 70.0 Å². The summed E-state index contributed by atoms with van der Waals surface area (Å²) in [7, 11) is 3.75. The Morgan fingerprint density at radius 2 is 1.08 bits per heavy atom. The van der Waals surface area contributed by atoms with Crippen LogP contribution < -0.4 is 25.4 Å². The van der Waals surface area contributed by atoms with Crippen LogP contribution in [0, 0.1) is 0 Å². The van der Waals surface area contributed by atoms with E-state index in [1.807, 2.05) is 107 Å². The fraction of sp³-hybridized carbons (Fsp3) is 0.390. The van der Waals surface area contributed by atoms with E-state index in [0.29, 0.717) is 6.54 Å². The van der Waals surface area contributed by atoms with Crippen molar-refractivity contribution in [3.8, 4) is 23.0 Å². The minimum atomic E-state index is -0.456. The maximum absolute atomic E-state index is 11.9. The van der Waals surface area contributed by atoms with E-state index >= 15 is 0 Å². The SMILES string of the molecule is CN(CCCNCCc1cccc(Oc2ccccc2)c1)C(=O)OC(C)(C)C.CNCCCNCCc1cccc(Oc2ccccc2)c1. The van der Waals surface area contributed by atoms with Gasteiger partial charge in [0.2, 0.25) is 0 Å². The van der Waals surface area contributed by atoms with Crippen LogP contribution >= 0.6 is 0 Å². The quantitative estimate of drug-likeness (QED) is 0.0925. The summed E-state index contributed by atoms with van der Waals surface area (Å²) in [5.74, 6) is 3.46. The van der Waals surface area contributed by atoms with Gasteiger partial charge in [-0.3, -0.25) is 0 Å². The molecule has 0 aromatic heterocycles. The Hall–Kier alpha value is -4.37. The normalized spacial score (nSPS) is 10.9. The number of carbonyl (C=O) groups is 1. The summed E-state index contributed by atoms with van der Waals surface area (Å²) in [5.41, 5.74) is 2.07. The fourth-order valence-electron chi connectivity index (χ4n) is 4.76. The van der Waals surface area contributed by atoms with Crippen molar-refractivity contribution >= 4 is 6.09 Å². The number of carbonyl (C=O) groups excluding carboxylic acids is 1. The van der Waals surface area contributed by atoms with Gasteiger partial charge in [-0.25, -0.2) is 4.79 Å². The Bertz CT molecular complexity index is 1460. The van der Waals surface area contributed by atoms with Gasteiger partial charge in [0.15, 0.2) is 0 Å². The molecular weight excluding hydrogens is 612 g/mol. The zero-order valence-corrected chi connectivity index (χ0v) is 30.0. The van der Waals surface area contributed by atoms with E-state index in [-0.39, 0.29) is 6.09 Å². The first-order chi connectivity index (χ1) is 23.7. The van der Waals surface area contributed by atoms with Crippen LogP contribution in [0.4, 0.5) is 4.79 Å². The second kappa shape index (κ2) is 22.3. The van der Waals surface area contributed by atoms with Crippen molar-refractivity contribution in [2.24, 2.45) is 0 Å². The van der Waals surface area contributed by atoms with Gasteiger partial charge in [0, 0.05) is 13.6 Å². The number of nitrogens with one attached hydrogen (secondary N) is 3. The molecule has 0 bridgehead atoms. The minimum Gasteiger partial charge on any atom is -0.457 e. The van der Waals surface area contributed by atoms with Crippen LogP contribution in [0.2, 0.25) is 0 Å². The first kappa shape index (κ1) is 39.1. The Morgan fingerprint density at radius 3 is 1.55 bits per heavy atom. The van der Waals surface area contributed by atoms with E-state index in [9.17, 15) is 4.79 Å². The molecule has 264 valence electrons. The number of hydrogen-bond acceptors (Lipinski definition) is 7. The maximum Gasteiger partial charge on any atom is 0.410 e. The van der Waals surface area contributed by atoms with Crippen molar-refractivity contribution in [1.82, 2.24) is 20.9 Å². The third-order valence-electron chi connectivity index (χ3n) is 7.27. The van der Waals surface area contributed by atoms with Crippen LogP contribution in [0.1, 0.15) is 44.7 Å². The van der Waals surface area contributed by atoms with Crippen molar-refractivity contribution in [3.63, 3.8) is 0 Å². The van der Waals surface area contributed by atoms with Crippen LogP contribution in [0.25, 0.3) is 0 Å². The zero-order chi connectivity index (χ0) is 35.2. The summed E-state index contributed by atoms with van der Waals surface area (Å²) >= 11 is 0. The summed E-state index contributed by atoms with van der Waals surface area (Å²) in [5, 5.41) is 10.0. The Kier molecular flexibility index (Phi) is 17.8. The van der Waals surface area contributed by atoms with E-state index in [4.69, 9.17) is 14.2 Å². The molecular formula is C41H56N4O4. The van der Waals surface area contributed by atoms with Gasteiger partial charge in [0.25, 0.3) is 0 Å². The molecule has 3 N–H and O–H groups in total. The molecule has 0 fully saturated rings. The number of benzene rings is 4. The molecule has 0 heterocycles. The summed E-state index contributed by atoms with van der Waals surface area (Å²) < 4.78 is 17.1. The van der Waals surface area contributed by atoms with Crippen molar-refractivity contribution in [2.75, 3.05) is 53.4 Å². The fourth-order valence-corrected chi connectivity index (χ4v) is 4.76. The third-order valence-corrected chi connectivity index (χ3v) is 7.27. The molecule has 1 amide bonds. The first-order valence-electron chi connectivity index (χ1n) is 17.4. The van der Waals surface area contributed by atoms with Crippen molar-refractivity contribution in [3.05, 3.63) is 120 Å². The molecule has 0 saturated heterocycles. The topological polar surface area (TPSA) is 84.1 Å². The number of ether oxygens (including phenoxy) is 3. The van der Waals surface area contributed by atoms with Crippen molar-refractivity contribution in [1.29, 1.82) is 0 Å². The predicted octanol–water partition coefficient (Wildman–Crippen LogP) is 8.09. The minimum absolute atomic E-state index is 0.275. The highest BCUT2D eigenvalue weighted by Gasteiger charge is 2.19. The first-order valence-corrected chi connectivity index (χ1v) is 17.4. The van der Waals surface area contributed by atoms with Crippen LogP contribution in [-0.2, 0) is 17.6 Å². The molecule has 49 heavy (non-hydrogen) atoms. The molecule has 0 aliphatic carbocycles. The summed E-state index contributed by atoms with van der Waals surface area (Å²) in [6.07, 6.45) is 3.71. The summed E-state index contributed by atoms with van der Waals surface area (Å²) in [6, 6.07) is 36.1. The van der Waals surface area contributed by atoms with Crippen molar-refractivity contribution < 1.29 is 19.0 Å². The van der Waals surface area contributed by atoms with Crippen molar-refractivity contribution in [2.45, 2.75) is 52.1 Å². The Labute approximate surface area is 294 Å². The molecule has 4 aromatic carbocycles. The standard InChI is InChI=1S/C23H32N2O3.C18H24N2O/c1-23(2,3)28-22(26)25(4)17-9-15-24-16-14-19-10-8-13-21(18-19)27-20-11-6-5-7-12-20;1-19-12-6-13-20-14-11-16-7-5-10-18(15-16)21-17-8-3-2-4-9-17/h5-8,10-13,18,24H,9,14-17H2,1-4H3;2-5,7-10,15,19-20H,6,11-14H2,1H3. The molecule has 0 radical (unpaired) electrons. The highest BCUT2D eigenvalue weighted by Crippen LogP contribution is 2.23. The Morgan fingerprint density at radius 1 is 0.612 bits per heavy atom. The number of amides is 1. The lowest BCUT2D eigenvalue weighted by Gasteiger charge is -2.24. The van der Waals surface area contributed by atoms with Gasteiger partial charge in [-0.2, -0.15) is 0 Å². The van der Waals surface area contributed by atoms with Gasteiger partial charge in [-0.05, 0) is 146 Å².